The molecule has 0 saturated heterocycles. The summed E-state index contributed by atoms with van der Waals surface area (Å²) in [5.41, 5.74) is 5.00. The number of nitrogens with one attached hydrogen (secondary N) is 2. The largest absolute Gasteiger partial charge is 0.463 e. The van der Waals surface area contributed by atoms with E-state index in [1.165, 1.54) is 5.56 Å². The number of benzene rings is 1. The molecule has 0 bridgehead atoms. The van der Waals surface area contributed by atoms with Gasteiger partial charge < -0.3 is 10.1 Å². The second-order valence-electron chi connectivity index (χ2n) is 6.17. The van der Waals surface area contributed by atoms with Gasteiger partial charge in [-0.1, -0.05) is 44.5 Å². The number of hydrogen-bond acceptors (Lipinski definition) is 4. The Labute approximate surface area is 148 Å². The molecule has 0 saturated carbocycles. The second kappa shape index (κ2) is 7.55. The van der Waals surface area contributed by atoms with E-state index < -0.39 is 0 Å². The number of allylic oxidation sites excluding steroid dienone is 1. The number of aromatic amines is 1. The van der Waals surface area contributed by atoms with Crippen molar-refractivity contribution in [1.29, 1.82) is 0 Å². The van der Waals surface area contributed by atoms with Crippen LogP contribution in [0, 0.1) is 0 Å². The van der Waals surface area contributed by atoms with Crippen LogP contribution in [0.5, 0.6) is 0 Å². The van der Waals surface area contributed by atoms with Crippen LogP contribution >= 0.6 is 0 Å². The van der Waals surface area contributed by atoms with Gasteiger partial charge in [-0.2, -0.15) is 5.10 Å². The average Bonchev–Trinajstić information content (AvgIpc) is 3.09. The van der Waals surface area contributed by atoms with Crippen LogP contribution in [-0.2, 0) is 16.0 Å². The Morgan fingerprint density at radius 1 is 1.20 bits per heavy atom. The molecule has 2 aromatic rings. The lowest BCUT2D eigenvalue weighted by molar-refractivity contribution is -0.138. The molecule has 1 aromatic heterocycles. The molecule has 0 aliphatic carbocycles. The van der Waals surface area contributed by atoms with Crippen molar-refractivity contribution in [3.63, 3.8) is 0 Å². The summed E-state index contributed by atoms with van der Waals surface area (Å²) in [6, 6.07) is 8.30. The zero-order chi connectivity index (χ0) is 17.8. The molecule has 25 heavy (non-hydrogen) atoms. The minimum Gasteiger partial charge on any atom is -0.463 e. The van der Waals surface area contributed by atoms with E-state index >= 15 is 0 Å². The number of esters is 1. The van der Waals surface area contributed by atoms with E-state index in [0.717, 1.165) is 41.9 Å². The molecule has 0 spiro atoms. The van der Waals surface area contributed by atoms with Gasteiger partial charge in [-0.25, -0.2) is 4.79 Å². The van der Waals surface area contributed by atoms with Gasteiger partial charge in [0, 0.05) is 17.2 Å². The summed E-state index contributed by atoms with van der Waals surface area (Å²) in [5.74, 6) is 0.459. The first kappa shape index (κ1) is 17.3. The third-order valence-corrected chi connectivity index (χ3v) is 4.61. The van der Waals surface area contributed by atoms with Crippen LogP contribution in [0.1, 0.15) is 56.2 Å². The first-order valence-electron chi connectivity index (χ1n) is 8.99. The number of rotatable bonds is 6. The van der Waals surface area contributed by atoms with Crippen molar-refractivity contribution in [2.45, 2.75) is 46.0 Å². The average molecular weight is 339 g/mol. The summed E-state index contributed by atoms with van der Waals surface area (Å²) in [6.45, 7) is 6.44. The smallest absolute Gasteiger partial charge is 0.336 e. The highest BCUT2D eigenvalue weighted by atomic mass is 16.5. The molecule has 1 aliphatic heterocycles. The summed E-state index contributed by atoms with van der Waals surface area (Å²) in [4.78, 5) is 12.8. The fraction of sp³-hybridized carbons (Fsp3) is 0.400. The number of fused-ring (bicyclic) bond motifs is 1. The third-order valence-electron chi connectivity index (χ3n) is 4.61. The number of H-pyrrole nitrogens is 1. The molecule has 0 fully saturated rings. The van der Waals surface area contributed by atoms with Crippen molar-refractivity contribution in [3.05, 3.63) is 58.4 Å². The lowest BCUT2D eigenvalue weighted by atomic mass is 9.79. The fourth-order valence-electron chi connectivity index (χ4n) is 3.52. The quantitative estimate of drug-likeness (QED) is 0.776. The molecule has 2 N–H and O–H groups in total. The highest BCUT2D eigenvalue weighted by Crippen LogP contribution is 2.43. The van der Waals surface area contributed by atoms with Gasteiger partial charge in [0.1, 0.15) is 5.82 Å². The first-order valence-corrected chi connectivity index (χ1v) is 8.99. The molecule has 5 nitrogen and oxygen atoms in total. The number of anilines is 1. The zero-order valence-electron chi connectivity index (χ0n) is 15.1. The number of hydrogen-bond donors (Lipinski definition) is 2. The SMILES string of the molecule is CCCC1=C(C(=O)OCC)C(c2ccccc2CC)c2cn[nH]c2N1. The molecule has 1 aliphatic rings. The normalized spacial score (nSPS) is 16.4. The molecule has 0 amide bonds. The zero-order valence-corrected chi connectivity index (χ0v) is 15.1. The molecule has 2 heterocycles. The van der Waals surface area contributed by atoms with Crippen LogP contribution in [-0.4, -0.2) is 22.8 Å². The molecule has 0 radical (unpaired) electrons. The molecule has 5 heteroatoms. The highest BCUT2D eigenvalue weighted by Gasteiger charge is 2.36. The fourth-order valence-corrected chi connectivity index (χ4v) is 3.52. The Bertz CT molecular complexity index is 792. The summed E-state index contributed by atoms with van der Waals surface area (Å²) >= 11 is 0. The van der Waals surface area contributed by atoms with Crippen molar-refractivity contribution in [2.24, 2.45) is 0 Å². The number of carbonyl (C=O) groups excluding carboxylic acids is 1. The predicted octanol–water partition coefficient (Wildman–Crippen LogP) is 4.15. The molecule has 1 aromatic carbocycles. The van der Waals surface area contributed by atoms with Crippen LogP contribution in [0.4, 0.5) is 5.82 Å². The second-order valence-corrected chi connectivity index (χ2v) is 6.17. The third kappa shape index (κ3) is 3.18. The van der Waals surface area contributed by atoms with Crippen LogP contribution in [0.2, 0.25) is 0 Å². The predicted molar refractivity (Wildman–Crippen MR) is 98.4 cm³/mol. The van der Waals surface area contributed by atoms with E-state index in [-0.39, 0.29) is 11.9 Å². The maximum atomic E-state index is 12.8. The van der Waals surface area contributed by atoms with Gasteiger partial charge in [-0.15, -0.1) is 0 Å². The van der Waals surface area contributed by atoms with Crippen molar-refractivity contribution in [3.8, 4) is 0 Å². The Hall–Kier alpha value is -2.56. The summed E-state index contributed by atoms with van der Waals surface area (Å²) in [7, 11) is 0. The van der Waals surface area contributed by atoms with Gasteiger partial charge in [0.25, 0.3) is 0 Å². The highest BCUT2D eigenvalue weighted by molar-refractivity contribution is 5.94. The Morgan fingerprint density at radius 2 is 2.00 bits per heavy atom. The Balaban J connectivity index is 2.21. The summed E-state index contributed by atoms with van der Waals surface area (Å²) in [5, 5.41) is 10.6. The van der Waals surface area contributed by atoms with E-state index in [1.54, 1.807) is 6.20 Å². The van der Waals surface area contributed by atoms with E-state index in [0.29, 0.717) is 12.2 Å². The van der Waals surface area contributed by atoms with Gasteiger partial charge >= 0.3 is 5.97 Å². The van der Waals surface area contributed by atoms with Crippen molar-refractivity contribution in [2.75, 3.05) is 11.9 Å². The molecule has 132 valence electrons. The maximum Gasteiger partial charge on any atom is 0.336 e. The molecule has 1 unspecified atom stereocenters. The Morgan fingerprint density at radius 3 is 2.72 bits per heavy atom. The number of ether oxygens (including phenoxy) is 1. The minimum atomic E-state index is -0.249. The van der Waals surface area contributed by atoms with Gasteiger partial charge in [0.05, 0.1) is 18.4 Å². The number of aryl methyl sites for hydroxylation is 1. The maximum absolute atomic E-state index is 12.8. The molecular weight excluding hydrogens is 314 g/mol. The van der Waals surface area contributed by atoms with E-state index in [9.17, 15) is 4.79 Å². The van der Waals surface area contributed by atoms with Gasteiger partial charge in [0.15, 0.2) is 0 Å². The van der Waals surface area contributed by atoms with Gasteiger partial charge in [0.2, 0.25) is 0 Å². The van der Waals surface area contributed by atoms with Gasteiger partial charge in [-0.3, -0.25) is 5.10 Å². The van der Waals surface area contributed by atoms with Crippen LogP contribution in [0.3, 0.4) is 0 Å². The van der Waals surface area contributed by atoms with Crippen molar-refractivity contribution in [1.82, 2.24) is 10.2 Å². The first-order chi connectivity index (χ1) is 12.2. The number of aromatic nitrogens is 2. The standard InChI is InChI=1S/C20H25N3O2/c1-4-9-16-18(20(24)25-6-3)17(15-12-21-23-19(15)22-16)14-11-8-7-10-13(14)5-2/h7-8,10-12,17H,4-6,9H2,1-3H3,(H2,21,22,23). The van der Waals surface area contributed by atoms with Crippen molar-refractivity contribution >= 4 is 11.8 Å². The number of carbonyl (C=O) groups is 1. The van der Waals surface area contributed by atoms with Crippen LogP contribution in [0.15, 0.2) is 41.7 Å². The lowest BCUT2D eigenvalue weighted by Crippen LogP contribution is -2.25. The monoisotopic (exact) mass is 339 g/mol. The van der Waals surface area contributed by atoms with Crippen LogP contribution in [0.25, 0.3) is 0 Å². The molecular formula is C20H25N3O2. The molecule has 1 atom stereocenters. The van der Waals surface area contributed by atoms with Crippen molar-refractivity contribution < 1.29 is 9.53 Å². The number of nitrogens with zero attached hydrogens (tertiary/aromatic N) is 1. The Kier molecular flexibility index (Phi) is 5.22. The van der Waals surface area contributed by atoms with E-state index in [2.05, 4.69) is 41.5 Å². The van der Waals surface area contributed by atoms with Gasteiger partial charge in [-0.05, 0) is 30.9 Å². The van der Waals surface area contributed by atoms with Crippen LogP contribution < -0.4 is 5.32 Å². The summed E-state index contributed by atoms with van der Waals surface area (Å²) < 4.78 is 5.41. The van der Waals surface area contributed by atoms with E-state index in [4.69, 9.17) is 4.74 Å². The van der Waals surface area contributed by atoms with E-state index in [1.807, 2.05) is 19.1 Å². The summed E-state index contributed by atoms with van der Waals surface area (Å²) in [6.07, 6.45) is 4.45. The minimum absolute atomic E-state index is 0.160. The topological polar surface area (TPSA) is 67.0 Å². The molecule has 3 rings (SSSR count). The lowest BCUT2D eigenvalue weighted by Gasteiger charge is -2.29.